The van der Waals surface area contributed by atoms with Crippen molar-refractivity contribution in [1.29, 1.82) is 0 Å². The van der Waals surface area contributed by atoms with Gasteiger partial charge in [-0.25, -0.2) is 9.97 Å². The summed E-state index contributed by atoms with van der Waals surface area (Å²) < 4.78 is 39.4. The Balaban J connectivity index is 2.07. The molecule has 1 N–H and O–H groups in total. The molecule has 0 radical (unpaired) electrons. The Hall–Kier alpha value is -1.83. The van der Waals surface area contributed by atoms with E-state index in [1.807, 2.05) is 4.90 Å². The predicted molar refractivity (Wildman–Crippen MR) is 63.1 cm³/mol. The Labute approximate surface area is 107 Å². The second-order valence-corrected chi connectivity index (χ2v) is 4.34. The van der Waals surface area contributed by atoms with Gasteiger partial charge in [-0.2, -0.15) is 13.2 Å². The van der Waals surface area contributed by atoms with Gasteiger partial charge in [0.25, 0.3) is 0 Å². The third-order valence-corrected chi connectivity index (χ3v) is 3.06. The van der Waals surface area contributed by atoms with E-state index in [4.69, 9.17) is 0 Å². The Morgan fingerprint density at radius 1 is 1.21 bits per heavy atom. The number of halogens is 3. The molecule has 0 aromatic carbocycles. The van der Waals surface area contributed by atoms with Crippen molar-refractivity contribution in [3.8, 4) is 0 Å². The smallest absolute Gasteiger partial charge is 0.351 e. The maximum Gasteiger partial charge on any atom is 0.434 e. The number of imidazole rings is 1. The molecule has 0 spiro atoms. The molecule has 1 aliphatic heterocycles. The first kappa shape index (κ1) is 12.2. The first-order chi connectivity index (χ1) is 9.05. The lowest BCUT2D eigenvalue weighted by molar-refractivity contribution is -0.140. The fourth-order valence-corrected chi connectivity index (χ4v) is 2.14. The summed E-state index contributed by atoms with van der Waals surface area (Å²) in [5.74, 6) is 0.500. The fraction of sp³-hybridized carbons (Fsp3) is 0.455. The molecule has 0 unspecified atom stereocenters. The van der Waals surface area contributed by atoms with E-state index in [0.717, 1.165) is 19.3 Å². The second-order valence-electron chi connectivity index (χ2n) is 4.34. The Morgan fingerprint density at radius 3 is 2.63 bits per heavy atom. The molecule has 1 saturated heterocycles. The number of anilines is 1. The molecule has 0 atom stereocenters. The van der Waals surface area contributed by atoms with Crippen LogP contribution in [0.1, 0.15) is 5.69 Å². The lowest BCUT2D eigenvalue weighted by Gasteiger charge is -2.28. The summed E-state index contributed by atoms with van der Waals surface area (Å²) in [6, 6.07) is 0. The van der Waals surface area contributed by atoms with Crippen LogP contribution in [0.4, 0.5) is 19.0 Å². The number of nitrogens with one attached hydrogen (secondary N) is 1. The van der Waals surface area contributed by atoms with Crippen molar-refractivity contribution < 1.29 is 13.2 Å². The third-order valence-electron chi connectivity index (χ3n) is 3.06. The molecule has 1 aliphatic rings. The van der Waals surface area contributed by atoms with Crippen LogP contribution in [0.25, 0.3) is 5.65 Å². The van der Waals surface area contributed by atoms with E-state index in [0.29, 0.717) is 18.9 Å². The van der Waals surface area contributed by atoms with Crippen LogP contribution in [0.3, 0.4) is 0 Å². The summed E-state index contributed by atoms with van der Waals surface area (Å²) in [5, 5.41) is 3.19. The Bertz CT molecular complexity index is 586. The first-order valence-electron chi connectivity index (χ1n) is 5.92. The van der Waals surface area contributed by atoms with E-state index in [1.165, 1.54) is 16.8 Å². The molecule has 0 bridgehead atoms. The fourth-order valence-electron chi connectivity index (χ4n) is 2.14. The molecule has 3 rings (SSSR count). The van der Waals surface area contributed by atoms with Gasteiger partial charge < -0.3 is 14.6 Å². The minimum absolute atomic E-state index is 0.247. The third kappa shape index (κ3) is 2.23. The number of hydrogen-bond acceptors (Lipinski definition) is 4. The second kappa shape index (κ2) is 4.37. The summed E-state index contributed by atoms with van der Waals surface area (Å²) in [7, 11) is 0. The van der Waals surface area contributed by atoms with Gasteiger partial charge in [-0.05, 0) is 0 Å². The molecule has 2 aromatic heterocycles. The van der Waals surface area contributed by atoms with Crippen LogP contribution in [0.5, 0.6) is 0 Å². The van der Waals surface area contributed by atoms with Gasteiger partial charge in [0.15, 0.2) is 17.2 Å². The molecule has 19 heavy (non-hydrogen) atoms. The van der Waals surface area contributed by atoms with E-state index >= 15 is 0 Å². The summed E-state index contributed by atoms with van der Waals surface area (Å²) in [4.78, 5) is 9.79. The summed E-state index contributed by atoms with van der Waals surface area (Å²) in [6.45, 7) is 2.99. The lowest BCUT2D eigenvalue weighted by atomic mass is 10.3. The molecular weight excluding hydrogens is 259 g/mol. The van der Waals surface area contributed by atoms with Crippen LogP contribution in [-0.2, 0) is 6.18 Å². The van der Waals surface area contributed by atoms with Crippen LogP contribution in [-0.4, -0.2) is 40.5 Å². The van der Waals surface area contributed by atoms with E-state index in [-0.39, 0.29) is 5.65 Å². The Morgan fingerprint density at radius 2 is 1.95 bits per heavy atom. The number of aromatic nitrogens is 3. The van der Waals surface area contributed by atoms with Gasteiger partial charge in [0.05, 0.1) is 0 Å². The normalized spacial score (nSPS) is 17.1. The molecule has 0 aliphatic carbocycles. The van der Waals surface area contributed by atoms with Crippen LogP contribution >= 0.6 is 0 Å². The van der Waals surface area contributed by atoms with E-state index < -0.39 is 11.9 Å². The molecular formula is C11H12F3N5. The van der Waals surface area contributed by atoms with Crippen LogP contribution in [0.15, 0.2) is 18.6 Å². The number of alkyl halides is 3. The van der Waals surface area contributed by atoms with E-state index in [1.54, 1.807) is 0 Å². The van der Waals surface area contributed by atoms with Crippen LogP contribution < -0.4 is 10.2 Å². The van der Waals surface area contributed by atoms with Crippen molar-refractivity contribution in [2.45, 2.75) is 6.18 Å². The minimum atomic E-state index is -4.44. The Kier molecular flexibility index (Phi) is 2.81. The van der Waals surface area contributed by atoms with Crippen molar-refractivity contribution in [1.82, 2.24) is 19.7 Å². The van der Waals surface area contributed by atoms with Crippen LogP contribution in [0.2, 0.25) is 0 Å². The van der Waals surface area contributed by atoms with Gasteiger partial charge in [0, 0.05) is 44.8 Å². The van der Waals surface area contributed by atoms with Crippen LogP contribution in [0, 0.1) is 0 Å². The zero-order valence-corrected chi connectivity index (χ0v) is 9.98. The number of fused-ring (bicyclic) bond motifs is 1. The highest BCUT2D eigenvalue weighted by atomic mass is 19.4. The quantitative estimate of drug-likeness (QED) is 0.845. The molecule has 3 heterocycles. The average molecular weight is 271 g/mol. The lowest BCUT2D eigenvalue weighted by Crippen LogP contribution is -2.44. The summed E-state index contributed by atoms with van der Waals surface area (Å²) in [6.07, 6.45) is -0.481. The van der Waals surface area contributed by atoms with Gasteiger partial charge in [0.2, 0.25) is 0 Å². The maximum atomic E-state index is 12.7. The van der Waals surface area contributed by atoms with Gasteiger partial charge in [0.1, 0.15) is 0 Å². The van der Waals surface area contributed by atoms with Crippen molar-refractivity contribution in [3.63, 3.8) is 0 Å². The van der Waals surface area contributed by atoms with E-state index in [2.05, 4.69) is 15.3 Å². The molecule has 1 fully saturated rings. The van der Waals surface area contributed by atoms with Crippen molar-refractivity contribution in [3.05, 3.63) is 24.3 Å². The highest BCUT2D eigenvalue weighted by molar-refractivity contribution is 5.64. The topological polar surface area (TPSA) is 45.5 Å². The summed E-state index contributed by atoms with van der Waals surface area (Å²) in [5.41, 5.74) is -0.645. The van der Waals surface area contributed by atoms with Gasteiger partial charge >= 0.3 is 6.18 Å². The predicted octanol–water partition coefficient (Wildman–Crippen LogP) is 1.16. The zero-order chi connectivity index (χ0) is 13.5. The van der Waals surface area contributed by atoms with Gasteiger partial charge in [-0.15, -0.1) is 0 Å². The average Bonchev–Trinajstić information content (AvgIpc) is 2.83. The summed E-state index contributed by atoms with van der Waals surface area (Å²) >= 11 is 0. The number of rotatable bonds is 1. The number of nitrogens with zero attached hydrogens (tertiary/aromatic N) is 4. The molecule has 5 nitrogen and oxygen atoms in total. The van der Waals surface area contributed by atoms with E-state index in [9.17, 15) is 13.2 Å². The van der Waals surface area contributed by atoms with Crippen molar-refractivity contribution in [2.75, 3.05) is 31.1 Å². The molecule has 0 amide bonds. The van der Waals surface area contributed by atoms with Crippen molar-refractivity contribution >= 4 is 11.5 Å². The van der Waals surface area contributed by atoms with Crippen molar-refractivity contribution in [2.24, 2.45) is 0 Å². The first-order valence-corrected chi connectivity index (χ1v) is 5.92. The standard InChI is InChI=1S/C11H12F3N5/c12-11(13,14)8-7-19-6-3-16-9(10(19)17-8)18-4-1-15-2-5-18/h3,6-7,15H,1-2,4-5H2. The van der Waals surface area contributed by atoms with Gasteiger partial charge in [-0.3, -0.25) is 0 Å². The number of piperazine rings is 1. The molecule has 0 saturated carbocycles. The number of hydrogen-bond donors (Lipinski definition) is 1. The molecule has 2 aromatic rings. The largest absolute Gasteiger partial charge is 0.434 e. The zero-order valence-electron chi connectivity index (χ0n) is 9.98. The molecule has 102 valence electrons. The molecule has 8 heteroatoms. The monoisotopic (exact) mass is 271 g/mol. The minimum Gasteiger partial charge on any atom is -0.351 e. The maximum absolute atomic E-state index is 12.7. The highest BCUT2D eigenvalue weighted by Crippen LogP contribution is 2.30. The SMILES string of the molecule is FC(F)(F)c1cn2ccnc(N3CCNCC3)c2n1. The highest BCUT2D eigenvalue weighted by Gasteiger charge is 2.34. The van der Waals surface area contributed by atoms with Gasteiger partial charge in [-0.1, -0.05) is 0 Å².